The molecule has 6 heteroatoms. The minimum Gasteiger partial charge on any atom is -0.345 e. The van der Waals surface area contributed by atoms with Crippen molar-refractivity contribution in [2.24, 2.45) is 0 Å². The van der Waals surface area contributed by atoms with E-state index in [4.69, 9.17) is 4.52 Å². The average Bonchev–Trinajstić information content (AvgIpc) is 2.87. The van der Waals surface area contributed by atoms with Crippen molar-refractivity contribution in [1.82, 2.24) is 15.5 Å². The number of rotatable bonds is 4. The molecular formula is C13H14FN3O2. The van der Waals surface area contributed by atoms with Crippen molar-refractivity contribution in [3.05, 3.63) is 47.4 Å². The van der Waals surface area contributed by atoms with Crippen LogP contribution in [0.4, 0.5) is 4.39 Å². The van der Waals surface area contributed by atoms with Gasteiger partial charge < -0.3 is 9.84 Å². The lowest BCUT2D eigenvalue weighted by Gasteiger charge is -2.02. The fraction of sp³-hybridized carbons (Fsp3) is 0.308. The molecule has 1 aromatic heterocycles. The largest absolute Gasteiger partial charge is 0.345 e. The Balaban J connectivity index is 1.95. The van der Waals surface area contributed by atoms with E-state index in [1.807, 2.05) is 13.8 Å². The first kappa shape index (κ1) is 13.2. The van der Waals surface area contributed by atoms with E-state index < -0.39 is 5.91 Å². The highest BCUT2D eigenvalue weighted by Gasteiger charge is 2.15. The second-order valence-corrected chi connectivity index (χ2v) is 4.42. The number of nitrogens with one attached hydrogen (secondary N) is 1. The summed E-state index contributed by atoms with van der Waals surface area (Å²) >= 11 is 0. The number of carbonyl (C=O) groups excluding carboxylic acids is 1. The molecular weight excluding hydrogens is 249 g/mol. The SMILES string of the molecule is CC(C)c1nc(C(=O)NCc2ccc(F)cc2)no1. The maximum Gasteiger partial charge on any atom is 0.292 e. The molecule has 1 heterocycles. The smallest absolute Gasteiger partial charge is 0.292 e. The lowest BCUT2D eigenvalue weighted by molar-refractivity contribution is 0.0937. The predicted molar refractivity (Wildman–Crippen MR) is 66.0 cm³/mol. The minimum absolute atomic E-state index is 0.00538. The summed E-state index contributed by atoms with van der Waals surface area (Å²) in [6, 6.07) is 5.89. The van der Waals surface area contributed by atoms with Gasteiger partial charge in [0.2, 0.25) is 5.89 Å². The van der Waals surface area contributed by atoms with Crippen molar-refractivity contribution >= 4 is 5.91 Å². The Hall–Kier alpha value is -2.24. The van der Waals surface area contributed by atoms with Gasteiger partial charge in [-0.25, -0.2) is 4.39 Å². The average molecular weight is 263 g/mol. The summed E-state index contributed by atoms with van der Waals surface area (Å²) in [4.78, 5) is 15.7. The van der Waals surface area contributed by atoms with E-state index in [2.05, 4.69) is 15.5 Å². The Bertz CT molecular complexity index is 564. The van der Waals surface area contributed by atoms with Crippen molar-refractivity contribution in [3.8, 4) is 0 Å². The van der Waals surface area contributed by atoms with Crippen molar-refractivity contribution in [2.45, 2.75) is 26.3 Å². The van der Waals surface area contributed by atoms with Crippen LogP contribution in [0.5, 0.6) is 0 Å². The van der Waals surface area contributed by atoms with Crippen LogP contribution in [0.25, 0.3) is 0 Å². The molecule has 1 aromatic carbocycles. The first-order valence-electron chi connectivity index (χ1n) is 5.92. The third kappa shape index (κ3) is 3.37. The van der Waals surface area contributed by atoms with E-state index >= 15 is 0 Å². The summed E-state index contributed by atoms with van der Waals surface area (Å²) in [6.07, 6.45) is 0. The summed E-state index contributed by atoms with van der Waals surface area (Å²) in [5, 5.41) is 6.25. The molecule has 5 nitrogen and oxygen atoms in total. The zero-order valence-electron chi connectivity index (χ0n) is 10.7. The molecule has 0 saturated heterocycles. The summed E-state index contributed by atoms with van der Waals surface area (Å²) < 4.78 is 17.7. The third-order valence-electron chi connectivity index (χ3n) is 2.51. The summed E-state index contributed by atoms with van der Waals surface area (Å²) in [7, 11) is 0. The minimum atomic E-state index is -0.417. The van der Waals surface area contributed by atoms with E-state index in [9.17, 15) is 9.18 Å². The molecule has 19 heavy (non-hydrogen) atoms. The Kier molecular flexibility index (Phi) is 3.89. The third-order valence-corrected chi connectivity index (χ3v) is 2.51. The van der Waals surface area contributed by atoms with Gasteiger partial charge >= 0.3 is 0 Å². The van der Waals surface area contributed by atoms with Gasteiger partial charge in [0, 0.05) is 12.5 Å². The molecule has 0 aliphatic heterocycles. The van der Waals surface area contributed by atoms with Crippen molar-refractivity contribution in [2.75, 3.05) is 0 Å². The van der Waals surface area contributed by atoms with Gasteiger partial charge in [-0.3, -0.25) is 4.79 Å². The normalized spacial score (nSPS) is 10.7. The highest BCUT2D eigenvalue weighted by Crippen LogP contribution is 2.10. The van der Waals surface area contributed by atoms with E-state index in [1.54, 1.807) is 12.1 Å². The molecule has 0 fully saturated rings. The lowest BCUT2D eigenvalue weighted by Crippen LogP contribution is -2.24. The zero-order valence-corrected chi connectivity index (χ0v) is 10.7. The van der Waals surface area contributed by atoms with Gasteiger partial charge in [-0.15, -0.1) is 0 Å². The molecule has 2 rings (SSSR count). The maximum absolute atomic E-state index is 12.7. The molecule has 0 unspecified atom stereocenters. The number of halogens is 1. The molecule has 2 aromatic rings. The zero-order chi connectivity index (χ0) is 13.8. The molecule has 1 N–H and O–H groups in total. The molecule has 0 aliphatic rings. The van der Waals surface area contributed by atoms with Crippen LogP contribution in [0.15, 0.2) is 28.8 Å². The van der Waals surface area contributed by atoms with E-state index in [-0.39, 0.29) is 24.1 Å². The van der Waals surface area contributed by atoms with Gasteiger partial charge in [0.25, 0.3) is 11.7 Å². The summed E-state index contributed by atoms with van der Waals surface area (Å²) in [5.74, 6) is -0.223. The second kappa shape index (κ2) is 5.60. The second-order valence-electron chi connectivity index (χ2n) is 4.42. The van der Waals surface area contributed by atoms with Crippen molar-refractivity contribution < 1.29 is 13.7 Å². The monoisotopic (exact) mass is 263 g/mol. The number of nitrogens with zero attached hydrogens (tertiary/aromatic N) is 2. The molecule has 0 atom stereocenters. The number of hydrogen-bond donors (Lipinski definition) is 1. The number of hydrogen-bond acceptors (Lipinski definition) is 4. The summed E-state index contributed by atoms with van der Waals surface area (Å²) in [5.41, 5.74) is 0.794. The summed E-state index contributed by atoms with van der Waals surface area (Å²) in [6.45, 7) is 4.08. The standard InChI is InChI=1S/C13H14FN3O2/c1-8(2)13-16-11(17-19-13)12(18)15-7-9-3-5-10(14)6-4-9/h3-6,8H,7H2,1-2H3,(H,15,18). The Morgan fingerprint density at radius 1 is 1.37 bits per heavy atom. The Morgan fingerprint density at radius 2 is 2.05 bits per heavy atom. The molecule has 1 amide bonds. The van der Waals surface area contributed by atoms with Crippen LogP contribution >= 0.6 is 0 Å². The van der Waals surface area contributed by atoms with Gasteiger partial charge in [-0.1, -0.05) is 31.1 Å². The Morgan fingerprint density at radius 3 is 2.63 bits per heavy atom. The number of benzene rings is 1. The molecule has 0 radical (unpaired) electrons. The van der Waals surface area contributed by atoms with Crippen LogP contribution in [0.3, 0.4) is 0 Å². The van der Waals surface area contributed by atoms with E-state index in [0.29, 0.717) is 5.89 Å². The van der Waals surface area contributed by atoms with Crippen LogP contribution < -0.4 is 5.32 Å². The molecule has 0 saturated carbocycles. The van der Waals surface area contributed by atoms with Crippen molar-refractivity contribution in [3.63, 3.8) is 0 Å². The van der Waals surface area contributed by atoms with Gasteiger partial charge in [0.1, 0.15) is 5.82 Å². The topological polar surface area (TPSA) is 68.0 Å². The maximum atomic E-state index is 12.7. The van der Waals surface area contributed by atoms with Gasteiger partial charge in [-0.05, 0) is 17.7 Å². The van der Waals surface area contributed by atoms with Crippen LogP contribution in [-0.2, 0) is 6.54 Å². The van der Waals surface area contributed by atoms with Gasteiger partial charge in [-0.2, -0.15) is 4.98 Å². The number of amides is 1. The fourth-order valence-corrected chi connectivity index (χ4v) is 1.43. The lowest BCUT2D eigenvalue weighted by atomic mass is 10.2. The number of aromatic nitrogens is 2. The highest BCUT2D eigenvalue weighted by atomic mass is 19.1. The van der Waals surface area contributed by atoms with E-state index in [1.165, 1.54) is 12.1 Å². The van der Waals surface area contributed by atoms with Crippen LogP contribution in [-0.4, -0.2) is 16.0 Å². The quantitative estimate of drug-likeness (QED) is 0.918. The molecule has 0 aliphatic carbocycles. The molecule has 100 valence electrons. The molecule has 0 bridgehead atoms. The fourth-order valence-electron chi connectivity index (χ4n) is 1.43. The first-order chi connectivity index (χ1) is 9.06. The van der Waals surface area contributed by atoms with Crippen LogP contribution in [0, 0.1) is 5.82 Å². The van der Waals surface area contributed by atoms with Gasteiger partial charge in [0.05, 0.1) is 0 Å². The van der Waals surface area contributed by atoms with E-state index in [0.717, 1.165) is 5.56 Å². The molecule has 0 spiro atoms. The number of carbonyl (C=O) groups is 1. The Labute approximate surface area is 109 Å². The van der Waals surface area contributed by atoms with Crippen molar-refractivity contribution in [1.29, 1.82) is 0 Å². The van der Waals surface area contributed by atoms with Gasteiger partial charge in [0.15, 0.2) is 0 Å². The first-order valence-corrected chi connectivity index (χ1v) is 5.92. The van der Waals surface area contributed by atoms with Crippen LogP contribution in [0.2, 0.25) is 0 Å². The van der Waals surface area contributed by atoms with Crippen LogP contribution in [0.1, 0.15) is 41.8 Å². The predicted octanol–water partition coefficient (Wildman–Crippen LogP) is 2.26. The highest BCUT2D eigenvalue weighted by molar-refractivity contribution is 5.90.